The highest BCUT2D eigenvalue weighted by atomic mass is 16.5. The molecule has 1 aromatic carbocycles. The van der Waals surface area contributed by atoms with Crippen LogP contribution in [-0.4, -0.2) is 24.2 Å². The monoisotopic (exact) mass is 209 g/mol. The van der Waals surface area contributed by atoms with Crippen molar-refractivity contribution in [2.45, 2.75) is 19.4 Å². The number of esters is 1. The Balaban J connectivity index is 2.66. The van der Waals surface area contributed by atoms with Crippen molar-refractivity contribution < 1.29 is 14.6 Å². The van der Waals surface area contributed by atoms with Crippen LogP contribution in [0.5, 0.6) is 5.75 Å². The summed E-state index contributed by atoms with van der Waals surface area (Å²) in [6, 6.07) is 6.19. The summed E-state index contributed by atoms with van der Waals surface area (Å²) in [5.41, 5.74) is 0.782. The van der Waals surface area contributed by atoms with E-state index >= 15 is 0 Å². The normalized spacial score (nSPS) is 11.9. The van der Waals surface area contributed by atoms with Crippen LogP contribution in [0.3, 0.4) is 0 Å². The van der Waals surface area contributed by atoms with Gasteiger partial charge in [-0.2, -0.15) is 0 Å². The van der Waals surface area contributed by atoms with Gasteiger partial charge in [0.2, 0.25) is 0 Å². The van der Waals surface area contributed by atoms with Crippen LogP contribution < -0.4 is 5.32 Å². The summed E-state index contributed by atoms with van der Waals surface area (Å²) < 4.78 is 4.65. The third kappa shape index (κ3) is 3.16. The van der Waals surface area contributed by atoms with E-state index in [2.05, 4.69) is 10.1 Å². The number of phenolic OH excluding ortho intramolecular Hbond substituents is 1. The summed E-state index contributed by atoms with van der Waals surface area (Å²) in [5.74, 6) is -0.0859. The number of benzene rings is 1. The van der Waals surface area contributed by atoms with Gasteiger partial charge in [0.15, 0.2) is 0 Å². The molecule has 1 atom stereocenters. The van der Waals surface area contributed by atoms with Gasteiger partial charge in [0.25, 0.3) is 0 Å². The number of anilines is 1. The zero-order valence-corrected chi connectivity index (χ0v) is 8.86. The van der Waals surface area contributed by atoms with E-state index in [1.54, 1.807) is 24.3 Å². The average molecular weight is 209 g/mol. The summed E-state index contributed by atoms with van der Waals surface area (Å²) in [4.78, 5) is 11.3. The SMILES string of the molecule is CCC(Nc1ccc(O)cc1)C(=O)OC. The van der Waals surface area contributed by atoms with Gasteiger partial charge in [0.1, 0.15) is 11.8 Å². The van der Waals surface area contributed by atoms with Gasteiger partial charge in [-0.15, -0.1) is 0 Å². The first-order valence-electron chi connectivity index (χ1n) is 4.80. The molecule has 0 saturated heterocycles. The fraction of sp³-hybridized carbons (Fsp3) is 0.364. The van der Waals surface area contributed by atoms with Crippen LogP contribution in [0.1, 0.15) is 13.3 Å². The zero-order chi connectivity index (χ0) is 11.3. The van der Waals surface area contributed by atoms with E-state index < -0.39 is 0 Å². The van der Waals surface area contributed by atoms with E-state index in [0.29, 0.717) is 6.42 Å². The van der Waals surface area contributed by atoms with Crippen molar-refractivity contribution in [3.8, 4) is 5.75 Å². The lowest BCUT2D eigenvalue weighted by Crippen LogP contribution is -2.29. The van der Waals surface area contributed by atoms with Crippen molar-refractivity contribution in [3.63, 3.8) is 0 Å². The lowest BCUT2D eigenvalue weighted by atomic mass is 10.2. The summed E-state index contributed by atoms with van der Waals surface area (Å²) in [7, 11) is 1.36. The third-order valence-corrected chi connectivity index (χ3v) is 2.10. The van der Waals surface area contributed by atoms with Gasteiger partial charge >= 0.3 is 5.97 Å². The second-order valence-electron chi connectivity index (χ2n) is 3.18. The Kier molecular flexibility index (Phi) is 3.97. The van der Waals surface area contributed by atoms with Gasteiger partial charge in [-0.3, -0.25) is 0 Å². The first kappa shape index (κ1) is 11.4. The fourth-order valence-electron chi connectivity index (χ4n) is 1.23. The van der Waals surface area contributed by atoms with Gasteiger partial charge in [-0.05, 0) is 30.7 Å². The maximum atomic E-state index is 11.3. The van der Waals surface area contributed by atoms with Crippen molar-refractivity contribution >= 4 is 11.7 Å². The Morgan fingerprint density at radius 3 is 2.53 bits per heavy atom. The Morgan fingerprint density at radius 2 is 2.07 bits per heavy atom. The van der Waals surface area contributed by atoms with Crippen molar-refractivity contribution in [3.05, 3.63) is 24.3 Å². The fourth-order valence-corrected chi connectivity index (χ4v) is 1.23. The molecule has 0 amide bonds. The van der Waals surface area contributed by atoms with Crippen LogP contribution in [-0.2, 0) is 9.53 Å². The molecule has 1 rings (SSSR count). The smallest absolute Gasteiger partial charge is 0.328 e. The predicted octanol–water partition coefficient (Wildman–Crippen LogP) is 1.76. The number of methoxy groups -OCH3 is 1. The first-order valence-corrected chi connectivity index (χ1v) is 4.80. The molecule has 0 radical (unpaired) electrons. The second kappa shape index (κ2) is 5.24. The van der Waals surface area contributed by atoms with E-state index in [0.717, 1.165) is 5.69 Å². The molecular formula is C11H15NO3. The maximum absolute atomic E-state index is 11.3. The van der Waals surface area contributed by atoms with Gasteiger partial charge < -0.3 is 15.2 Å². The third-order valence-electron chi connectivity index (χ3n) is 2.10. The van der Waals surface area contributed by atoms with E-state index in [1.807, 2.05) is 6.92 Å². The molecule has 0 aliphatic carbocycles. The number of rotatable bonds is 4. The van der Waals surface area contributed by atoms with Gasteiger partial charge in [-0.25, -0.2) is 4.79 Å². The van der Waals surface area contributed by atoms with Gasteiger partial charge in [-0.1, -0.05) is 6.92 Å². The van der Waals surface area contributed by atoms with Gasteiger partial charge in [0, 0.05) is 5.69 Å². The number of ether oxygens (including phenoxy) is 1. The van der Waals surface area contributed by atoms with Crippen LogP contribution in [0.2, 0.25) is 0 Å². The van der Waals surface area contributed by atoms with Crippen molar-refractivity contribution in [1.29, 1.82) is 0 Å². The number of hydrogen-bond donors (Lipinski definition) is 2. The van der Waals surface area contributed by atoms with Crippen LogP contribution in [0.25, 0.3) is 0 Å². The molecule has 1 unspecified atom stereocenters. The summed E-state index contributed by atoms with van der Waals surface area (Å²) in [6.45, 7) is 1.90. The van der Waals surface area contributed by atoms with Crippen LogP contribution in [0.15, 0.2) is 24.3 Å². The van der Waals surface area contributed by atoms with Crippen molar-refractivity contribution in [2.24, 2.45) is 0 Å². The molecule has 1 aromatic rings. The molecule has 15 heavy (non-hydrogen) atoms. The number of phenols is 1. The van der Waals surface area contributed by atoms with Crippen LogP contribution >= 0.6 is 0 Å². The zero-order valence-electron chi connectivity index (χ0n) is 8.86. The molecule has 4 heteroatoms. The van der Waals surface area contributed by atoms with Crippen molar-refractivity contribution in [2.75, 3.05) is 12.4 Å². The molecule has 0 aliphatic heterocycles. The quantitative estimate of drug-likeness (QED) is 0.586. The highest BCUT2D eigenvalue weighted by Gasteiger charge is 2.15. The Hall–Kier alpha value is -1.71. The molecular weight excluding hydrogens is 194 g/mol. The van der Waals surface area contributed by atoms with E-state index in [-0.39, 0.29) is 17.8 Å². The topological polar surface area (TPSA) is 58.6 Å². The number of aromatic hydroxyl groups is 1. The minimum atomic E-state index is -0.348. The van der Waals surface area contributed by atoms with E-state index in [4.69, 9.17) is 5.11 Å². The van der Waals surface area contributed by atoms with Crippen LogP contribution in [0.4, 0.5) is 5.69 Å². The largest absolute Gasteiger partial charge is 0.508 e. The molecule has 4 nitrogen and oxygen atoms in total. The van der Waals surface area contributed by atoms with E-state index in [1.165, 1.54) is 7.11 Å². The second-order valence-corrected chi connectivity index (χ2v) is 3.18. The summed E-state index contributed by atoms with van der Waals surface area (Å²) >= 11 is 0. The average Bonchev–Trinajstić information content (AvgIpc) is 2.27. The minimum Gasteiger partial charge on any atom is -0.508 e. The Labute approximate surface area is 88.9 Å². The first-order chi connectivity index (χ1) is 7.17. The number of nitrogens with one attached hydrogen (secondary N) is 1. The molecule has 0 heterocycles. The Morgan fingerprint density at radius 1 is 1.47 bits per heavy atom. The highest BCUT2D eigenvalue weighted by Crippen LogP contribution is 2.15. The lowest BCUT2D eigenvalue weighted by Gasteiger charge is -2.15. The molecule has 0 saturated carbocycles. The molecule has 0 aromatic heterocycles. The predicted molar refractivity (Wildman–Crippen MR) is 57.8 cm³/mol. The Bertz CT molecular complexity index is 321. The standard InChI is InChI=1S/C11H15NO3/c1-3-10(11(14)15-2)12-8-4-6-9(13)7-5-8/h4-7,10,12-13H,3H2,1-2H3. The summed E-state index contributed by atoms with van der Waals surface area (Å²) in [6.07, 6.45) is 0.646. The summed E-state index contributed by atoms with van der Waals surface area (Å²) in [5, 5.41) is 12.1. The minimum absolute atomic E-state index is 0.201. The molecule has 0 spiro atoms. The van der Waals surface area contributed by atoms with Crippen molar-refractivity contribution in [1.82, 2.24) is 0 Å². The number of hydrogen-bond acceptors (Lipinski definition) is 4. The maximum Gasteiger partial charge on any atom is 0.328 e. The van der Waals surface area contributed by atoms with E-state index in [9.17, 15) is 4.79 Å². The molecule has 0 aliphatic rings. The highest BCUT2D eigenvalue weighted by molar-refractivity contribution is 5.79. The number of carbonyl (C=O) groups excluding carboxylic acids is 1. The van der Waals surface area contributed by atoms with Gasteiger partial charge in [0.05, 0.1) is 7.11 Å². The molecule has 2 N–H and O–H groups in total. The molecule has 0 fully saturated rings. The number of carbonyl (C=O) groups is 1. The molecule has 82 valence electrons. The molecule has 0 bridgehead atoms. The van der Waals surface area contributed by atoms with Crippen LogP contribution in [0, 0.1) is 0 Å². The lowest BCUT2D eigenvalue weighted by molar-refractivity contribution is -0.141.